The SMILES string of the molecule is CC(C)[C@@H](C(=O)NCc1cccc(C(F)(F)F)c1)N1C(=O)CCC1C(=O)Nc1ccc([N+](=O)[O-])cc1. The van der Waals surface area contributed by atoms with Crippen molar-refractivity contribution in [1.82, 2.24) is 10.2 Å². The molecule has 2 aromatic rings. The lowest BCUT2D eigenvalue weighted by Crippen LogP contribution is -2.55. The van der Waals surface area contributed by atoms with Crippen LogP contribution >= 0.6 is 0 Å². The van der Waals surface area contributed by atoms with E-state index < -0.39 is 52.4 Å². The highest BCUT2D eigenvalue weighted by molar-refractivity contribution is 6.00. The molecule has 0 aromatic heterocycles. The van der Waals surface area contributed by atoms with Gasteiger partial charge in [0.25, 0.3) is 5.69 Å². The molecule has 1 unspecified atom stereocenters. The number of rotatable bonds is 8. The highest BCUT2D eigenvalue weighted by Gasteiger charge is 2.44. The lowest BCUT2D eigenvalue weighted by Gasteiger charge is -2.34. The number of carbonyl (C=O) groups excluding carboxylic acids is 3. The molecule has 0 aliphatic carbocycles. The van der Waals surface area contributed by atoms with Crippen molar-refractivity contribution in [3.05, 3.63) is 69.8 Å². The third-order valence-electron chi connectivity index (χ3n) is 5.82. The average Bonchev–Trinajstić information content (AvgIpc) is 3.18. The predicted octanol–water partition coefficient (Wildman–Crippen LogP) is 3.88. The molecule has 0 spiro atoms. The van der Waals surface area contributed by atoms with Crippen LogP contribution in [-0.2, 0) is 27.1 Å². The van der Waals surface area contributed by atoms with E-state index in [0.29, 0.717) is 5.69 Å². The fourth-order valence-corrected chi connectivity index (χ4v) is 4.10. The number of carbonyl (C=O) groups is 3. The first-order valence-electron chi connectivity index (χ1n) is 11.2. The Balaban J connectivity index is 1.73. The summed E-state index contributed by atoms with van der Waals surface area (Å²) in [5, 5.41) is 16.0. The van der Waals surface area contributed by atoms with E-state index in [4.69, 9.17) is 0 Å². The quantitative estimate of drug-likeness (QED) is 0.416. The van der Waals surface area contributed by atoms with Gasteiger partial charge >= 0.3 is 6.18 Å². The molecule has 36 heavy (non-hydrogen) atoms. The van der Waals surface area contributed by atoms with Gasteiger partial charge in [-0.2, -0.15) is 13.2 Å². The normalized spacial score (nSPS) is 16.7. The van der Waals surface area contributed by atoms with E-state index in [-0.39, 0.29) is 30.6 Å². The van der Waals surface area contributed by atoms with Crippen LogP contribution in [0.25, 0.3) is 0 Å². The minimum absolute atomic E-state index is 0.0441. The molecule has 9 nitrogen and oxygen atoms in total. The Kier molecular flexibility index (Phi) is 7.96. The van der Waals surface area contributed by atoms with Gasteiger partial charge in [-0.05, 0) is 42.2 Å². The lowest BCUT2D eigenvalue weighted by molar-refractivity contribution is -0.384. The first-order valence-corrected chi connectivity index (χ1v) is 11.2. The summed E-state index contributed by atoms with van der Waals surface area (Å²) >= 11 is 0. The van der Waals surface area contributed by atoms with Gasteiger partial charge in [0.05, 0.1) is 10.5 Å². The molecule has 2 atom stereocenters. The smallest absolute Gasteiger partial charge is 0.350 e. The Morgan fingerprint density at radius 3 is 2.42 bits per heavy atom. The Bertz CT molecular complexity index is 1150. The molecule has 12 heteroatoms. The summed E-state index contributed by atoms with van der Waals surface area (Å²) in [7, 11) is 0. The summed E-state index contributed by atoms with van der Waals surface area (Å²) < 4.78 is 38.9. The Hall–Kier alpha value is -3.96. The van der Waals surface area contributed by atoms with Crippen LogP contribution in [0.2, 0.25) is 0 Å². The molecule has 192 valence electrons. The Morgan fingerprint density at radius 2 is 1.83 bits per heavy atom. The minimum atomic E-state index is -4.52. The summed E-state index contributed by atoms with van der Waals surface area (Å²) in [6.45, 7) is 3.21. The molecular weight excluding hydrogens is 481 g/mol. The zero-order valence-electron chi connectivity index (χ0n) is 19.5. The van der Waals surface area contributed by atoms with E-state index >= 15 is 0 Å². The average molecular weight is 506 g/mol. The van der Waals surface area contributed by atoms with Crippen molar-refractivity contribution in [3.63, 3.8) is 0 Å². The second kappa shape index (κ2) is 10.8. The van der Waals surface area contributed by atoms with Crippen molar-refractivity contribution in [2.45, 2.75) is 51.5 Å². The summed E-state index contributed by atoms with van der Waals surface area (Å²) in [6, 6.07) is 7.74. The summed E-state index contributed by atoms with van der Waals surface area (Å²) in [5.41, 5.74) is -0.462. The van der Waals surface area contributed by atoms with Gasteiger partial charge in [0, 0.05) is 30.8 Å². The molecule has 1 fully saturated rings. The minimum Gasteiger partial charge on any atom is -0.350 e. The second-order valence-electron chi connectivity index (χ2n) is 8.75. The molecule has 3 rings (SSSR count). The zero-order valence-corrected chi connectivity index (χ0v) is 19.5. The van der Waals surface area contributed by atoms with Crippen LogP contribution in [0, 0.1) is 16.0 Å². The number of nitro benzene ring substituents is 1. The first-order chi connectivity index (χ1) is 16.9. The Morgan fingerprint density at radius 1 is 1.17 bits per heavy atom. The summed E-state index contributed by atoms with van der Waals surface area (Å²) in [4.78, 5) is 50.2. The van der Waals surface area contributed by atoms with Crippen LogP contribution in [0.15, 0.2) is 48.5 Å². The number of hydrogen-bond donors (Lipinski definition) is 2. The zero-order chi connectivity index (χ0) is 26.6. The van der Waals surface area contributed by atoms with Gasteiger partial charge in [0.15, 0.2) is 0 Å². The van der Waals surface area contributed by atoms with Gasteiger partial charge in [-0.1, -0.05) is 26.0 Å². The fourth-order valence-electron chi connectivity index (χ4n) is 4.10. The number of nitrogens with one attached hydrogen (secondary N) is 2. The molecule has 2 aromatic carbocycles. The fraction of sp³-hybridized carbons (Fsp3) is 0.375. The number of benzene rings is 2. The number of hydrogen-bond acceptors (Lipinski definition) is 5. The Labute approximate surface area is 204 Å². The largest absolute Gasteiger partial charge is 0.416 e. The van der Waals surface area contributed by atoms with E-state index in [1.807, 2.05) is 0 Å². The third kappa shape index (κ3) is 6.18. The van der Waals surface area contributed by atoms with Gasteiger partial charge in [-0.25, -0.2) is 0 Å². The number of non-ortho nitro benzene ring substituents is 1. The van der Waals surface area contributed by atoms with Gasteiger partial charge in [0.1, 0.15) is 12.1 Å². The number of likely N-dealkylation sites (tertiary alicyclic amines) is 1. The lowest BCUT2D eigenvalue weighted by atomic mass is 10.00. The van der Waals surface area contributed by atoms with Crippen molar-refractivity contribution in [3.8, 4) is 0 Å². The first kappa shape index (κ1) is 26.6. The monoisotopic (exact) mass is 506 g/mol. The summed E-state index contributed by atoms with van der Waals surface area (Å²) in [5.74, 6) is -1.94. The van der Waals surface area contributed by atoms with Crippen LogP contribution in [0.1, 0.15) is 37.8 Å². The number of amides is 3. The topological polar surface area (TPSA) is 122 Å². The van der Waals surface area contributed by atoms with E-state index in [1.165, 1.54) is 41.3 Å². The molecule has 0 bridgehead atoms. The molecule has 0 saturated carbocycles. The van der Waals surface area contributed by atoms with Crippen molar-refractivity contribution in [2.24, 2.45) is 5.92 Å². The number of nitrogens with zero attached hydrogens (tertiary/aromatic N) is 2. The van der Waals surface area contributed by atoms with Crippen molar-refractivity contribution in [2.75, 3.05) is 5.32 Å². The number of anilines is 1. The van der Waals surface area contributed by atoms with Gasteiger partial charge in [-0.15, -0.1) is 0 Å². The maximum absolute atomic E-state index is 13.1. The number of alkyl halides is 3. The van der Waals surface area contributed by atoms with E-state index in [0.717, 1.165) is 12.1 Å². The molecule has 1 heterocycles. The predicted molar refractivity (Wildman–Crippen MR) is 124 cm³/mol. The van der Waals surface area contributed by atoms with Crippen LogP contribution in [-0.4, -0.2) is 39.6 Å². The molecule has 3 amide bonds. The molecule has 0 radical (unpaired) electrons. The maximum atomic E-state index is 13.1. The van der Waals surface area contributed by atoms with Crippen molar-refractivity contribution < 1.29 is 32.5 Å². The molecule has 2 N–H and O–H groups in total. The number of halogens is 3. The van der Waals surface area contributed by atoms with Crippen LogP contribution in [0.3, 0.4) is 0 Å². The highest BCUT2D eigenvalue weighted by Crippen LogP contribution is 2.30. The van der Waals surface area contributed by atoms with Gasteiger partial charge in [0.2, 0.25) is 17.7 Å². The third-order valence-corrected chi connectivity index (χ3v) is 5.82. The van der Waals surface area contributed by atoms with E-state index in [9.17, 15) is 37.7 Å². The van der Waals surface area contributed by atoms with E-state index in [2.05, 4.69) is 10.6 Å². The maximum Gasteiger partial charge on any atom is 0.416 e. The van der Waals surface area contributed by atoms with E-state index in [1.54, 1.807) is 13.8 Å². The van der Waals surface area contributed by atoms with Crippen molar-refractivity contribution >= 4 is 29.1 Å². The highest BCUT2D eigenvalue weighted by atomic mass is 19.4. The molecule has 1 aliphatic rings. The standard InChI is InChI=1S/C24H25F3N4O5/c1-14(2)21(23(34)28-13-15-4-3-5-16(12-15)24(25,26)27)30-19(10-11-20(30)32)22(33)29-17-6-8-18(9-7-17)31(35)36/h3-9,12,14,19,21H,10-11,13H2,1-2H3,(H,28,34)(H,29,33)/t19?,21-/m0/s1. The molecule has 1 aliphatic heterocycles. The van der Waals surface area contributed by atoms with Crippen LogP contribution in [0.5, 0.6) is 0 Å². The van der Waals surface area contributed by atoms with Crippen molar-refractivity contribution in [1.29, 1.82) is 0 Å². The van der Waals surface area contributed by atoms with Crippen LogP contribution < -0.4 is 10.6 Å². The van der Waals surface area contributed by atoms with Crippen LogP contribution in [0.4, 0.5) is 24.5 Å². The summed E-state index contributed by atoms with van der Waals surface area (Å²) in [6.07, 6.45) is -4.31. The molecular formula is C24H25F3N4O5. The number of nitro groups is 1. The second-order valence-corrected chi connectivity index (χ2v) is 8.75. The van der Waals surface area contributed by atoms with Gasteiger partial charge < -0.3 is 15.5 Å². The molecule has 1 saturated heterocycles. The van der Waals surface area contributed by atoms with Gasteiger partial charge in [-0.3, -0.25) is 24.5 Å².